The molecular formula is C11H12FNS. The molecule has 0 saturated heterocycles. The molecular weight excluding hydrogens is 197 g/mol. The van der Waals surface area contributed by atoms with Crippen LogP contribution in [0.4, 0.5) is 4.39 Å². The van der Waals surface area contributed by atoms with Crippen molar-refractivity contribution in [3.8, 4) is 0 Å². The van der Waals surface area contributed by atoms with Crippen LogP contribution in [-0.2, 0) is 6.42 Å². The van der Waals surface area contributed by atoms with Crippen molar-refractivity contribution in [3.63, 3.8) is 0 Å². The SMILES string of the molecule is NCCCc1csc2c(F)cccc12. The van der Waals surface area contributed by atoms with Gasteiger partial charge in [0.1, 0.15) is 5.82 Å². The number of hydrogen-bond donors (Lipinski definition) is 1. The van der Waals surface area contributed by atoms with Crippen molar-refractivity contribution in [2.45, 2.75) is 12.8 Å². The van der Waals surface area contributed by atoms with Crippen LogP contribution < -0.4 is 5.73 Å². The van der Waals surface area contributed by atoms with E-state index in [9.17, 15) is 4.39 Å². The minimum absolute atomic E-state index is 0.119. The summed E-state index contributed by atoms with van der Waals surface area (Å²) in [7, 11) is 0. The molecule has 0 spiro atoms. The van der Waals surface area contributed by atoms with Gasteiger partial charge in [-0.05, 0) is 41.8 Å². The Morgan fingerprint density at radius 2 is 2.21 bits per heavy atom. The molecule has 2 aromatic rings. The highest BCUT2D eigenvalue weighted by Crippen LogP contribution is 2.28. The molecule has 0 bridgehead atoms. The molecule has 3 heteroatoms. The van der Waals surface area contributed by atoms with E-state index in [1.165, 1.54) is 23.0 Å². The second-order valence-electron chi connectivity index (χ2n) is 3.27. The lowest BCUT2D eigenvalue weighted by atomic mass is 10.1. The number of rotatable bonds is 3. The van der Waals surface area contributed by atoms with Gasteiger partial charge in [-0.2, -0.15) is 0 Å². The molecule has 0 radical (unpaired) electrons. The zero-order valence-corrected chi connectivity index (χ0v) is 8.61. The van der Waals surface area contributed by atoms with E-state index in [4.69, 9.17) is 5.73 Å². The minimum atomic E-state index is -0.119. The van der Waals surface area contributed by atoms with Gasteiger partial charge in [0.15, 0.2) is 0 Å². The van der Waals surface area contributed by atoms with E-state index in [-0.39, 0.29) is 5.82 Å². The van der Waals surface area contributed by atoms with Crippen LogP contribution in [0.3, 0.4) is 0 Å². The van der Waals surface area contributed by atoms with E-state index in [2.05, 4.69) is 0 Å². The quantitative estimate of drug-likeness (QED) is 0.826. The summed E-state index contributed by atoms with van der Waals surface area (Å²) in [6, 6.07) is 5.24. The van der Waals surface area contributed by atoms with Crippen molar-refractivity contribution in [1.82, 2.24) is 0 Å². The fourth-order valence-corrected chi connectivity index (χ4v) is 2.57. The lowest BCUT2D eigenvalue weighted by Gasteiger charge is -1.97. The number of hydrogen-bond acceptors (Lipinski definition) is 2. The average Bonchev–Trinajstić information content (AvgIpc) is 2.60. The lowest BCUT2D eigenvalue weighted by Crippen LogP contribution is -1.99. The largest absolute Gasteiger partial charge is 0.330 e. The first-order valence-electron chi connectivity index (χ1n) is 4.67. The van der Waals surface area contributed by atoms with Crippen LogP contribution in [0.2, 0.25) is 0 Å². The maximum Gasteiger partial charge on any atom is 0.140 e. The van der Waals surface area contributed by atoms with Crippen molar-refractivity contribution >= 4 is 21.4 Å². The van der Waals surface area contributed by atoms with Gasteiger partial charge in [-0.3, -0.25) is 0 Å². The average molecular weight is 209 g/mol. The third-order valence-electron chi connectivity index (χ3n) is 2.28. The van der Waals surface area contributed by atoms with Crippen molar-refractivity contribution in [2.24, 2.45) is 5.73 Å². The third-order valence-corrected chi connectivity index (χ3v) is 3.34. The monoisotopic (exact) mass is 209 g/mol. The molecule has 0 atom stereocenters. The van der Waals surface area contributed by atoms with Gasteiger partial charge in [-0.25, -0.2) is 4.39 Å². The Morgan fingerprint density at radius 1 is 1.36 bits per heavy atom. The highest BCUT2D eigenvalue weighted by Gasteiger charge is 2.06. The van der Waals surface area contributed by atoms with Crippen LogP contribution in [0.25, 0.3) is 10.1 Å². The van der Waals surface area contributed by atoms with Crippen LogP contribution >= 0.6 is 11.3 Å². The Bertz CT molecular complexity index is 436. The smallest absolute Gasteiger partial charge is 0.140 e. The maximum absolute atomic E-state index is 13.3. The van der Waals surface area contributed by atoms with Crippen molar-refractivity contribution in [1.29, 1.82) is 0 Å². The number of halogens is 1. The highest BCUT2D eigenvalue weighted by atomic mass is 32.1. The molecule has 2 N–H and O–H groups in total. The number of nitrogens with two attached hydrogens (primary N) is 1. The van der Waals surface area contributed by atoms with E-state index in [0.717, 1.165) is 22.9 Å². The van der Waals surface area contributed by atoms with Crippen LogP contribution in [-0.4, -0.2) is 6.54 Å². The van der Waals surface area contributed by atoms with E-state index in [1.807, 2.05) is 11.4 Å². The molecule has 0 amide bonds. The van der Waals surface area contributed by atoms with Gasteiger partial charge in [0.2, 0.25) is 0 Å². The molecule has 2 rings (SSSR count). The van der Waals surface area contributed by atoms with Crippen molar-refractivity contribution in [3.05, 3.63) is 35.0 Å². The van der Waals surface area contributed by atoms with Gasteiger partial charge >= 0.3 is 0 Å². The predicted molar refractivity (Wildman–Crippen MR) is 59.2 cm³/mol. The normalized spacial score (nSPS) is 11.0. The molecule has 1 heterocycles. The minimum Gasteiger partial charge on any atom is -0.330 e. The number of fused-ring (bicyclic) bond motifs is 1. The summed E-state index contributed by atoms with van der Waals surface area (Å²) in [6.07, 6.45) is 1.91. The predicted octanol–water partition coefficient (Wildman–Crippen LogP) is 2.93. The summed E-state index contributed by atoms with van der Waals surface area (Å²) in [5, 5.41) is 3.08. The second-order valence-corrected chi connectivity index (χ2v) is 4.15. The van der Waals surface area contributed by atoms with Gasteiger partial charge in [-0.1, -0.05) is 12.1 Å². The Labute approximate surface area is 86.4 Å². The molecule has 0 saturated carbocycles. The molecule has 14 heavy (non-hydrogen) atoms. The zero-order chi connectivity index (χ0) is 9.97. The Morgan fingerprint density at radius 3 is 3.00 bits per heavy atom. The van der Waals surface area contributed by atoms with Gasteiger partial charge < -0.3 is 5.73 Å². The highest BCUT2D eigenvalue weighted by molar-refractivity contribution is 7.17. The zero-order valence-electron chi connectivity index (χ0n) is 7.79. The van der Waals surface area contributed by atoms with E-state index in [1.54, 1.807) is 6.07 Å². The second kappa shape index (κ2) is 4.07. The van der Waals surface area contributed by atoms with Gasteiger partial charge in [-0.15, -0.1) is 11.3 Å². The number of aryl methyl sites for hydroxylation is 1. The molecule has 0 aliphatic carbocycles. The topological polar surface area (TPSA) is 26.0 Å². The standard InChI is InChI=1S/C11H12FNS/c12-10-5-1-4-9-8(3-2-6-13)7-14-11(9)10/h1,4-5,7H,2-3,6,13H2. The van der Waals surface area contributed by atoms with E-state index >= 15 is 0 Å². The molecule has 1 aromatic heterocycles. The van der Waals surface area contributed by atoms with Crippen LogP contribution in [0, 0.1) is 5.82 Å². The maximum atomic E-state index is 13.3. The van der Waals surface area contributed by atoms with Crippen LogP contribution in [0.1, 0.15) is 12.0 Å². The molecule has 1 nitrogen and oxygen atoms in total. The Hall–Kier alpha value is -0.930. The summed E-state index contributed by atoms with van der Waals surface area (Å²) in [5.41, 5.74) is 6.67. The van der Waals surface area contributed by atoms with E-state index in [0.29, 0.717) is 6.54 Å². The first-order chi connectivity index (χ1) is 6.83. The summed E-state index contributed by atoms with van der Waals surface area (Å²) in [6.45, 7) is 0.687. The van der Waals surface area contributed by atoms with E-state index < -0.39 is 0 Å². The van der Waals surface area contributed by atoms with Crippen LogP contribution in [0.15, 0.2) is 23.6 Å². The fraction of sp³-hybridized carbons (Fsp3) is 0.273. The molecule has 0 fully saturated rings. The lowest BCUT2D eigenvalue weighted by molar-refractivity contribution is 0.641. The van der Waals surface area contributed by atoms with Crippen molar-refractivity contribution in [2.75, 3.05) is 6.54 Å². The Balaban J connectivity index is 2.42. The summed E-state index contributed by atoms with van der Waals surface area (Å²) in [4.78, 5) is 0. The number of thiophene rings is 1. The van der Waals surface area contributed by atoms with Gasteiger partial charge in [0.05, 0.1) is 4.70 Å². The first-order valence-corrected chi connectivity index (χ1v) is 5.55. The van der Waals surface area contributed by atoms with Gasteiger partial charge in [0.25, 0.3) is 0 Å². The molecule has 0 aliphatic rings. The molecule has 0 aliphatic heterocycles. The third kappa shape index (κ3) is 1.65. The summed E-state index contributed by atoms with van der Waals surface area (Å²) >= 11 is 1.48. The van der Waals surface area contributed by atoms with Gasteiger partial charge in [0, 0.05) is 0 Å². The molecule has 1 aromatic carbocycles. The fourth-order valence-electron chi connectivity index (χ4n) is 1.56. The first kappa shape index (κ1) is 9.62. The summed E-state index contributed by atoms with van der Waals surface area (Å²) < 4.78 is 14.1. The number of benzene rings is 1. The molecule has 74 valence electrons. The van der Waals surface area contributed by atoms with Crippen molar-refractivity contribution < 1.29 is 4.39 Å². The van der Waals surface area contributed by atoms with Crippen LogP contribution in [0.5, 0.6) is 0 Å². The molecule has 0 unspecified atom stereocenters. The summed E-state index contributed by atoms with van der Waals surface area (Å²) in [5.74, 6) is -0.119. The Kier molecular flexibility index (Phi) is 2.79.